The van der Waals surface area contributed by atoms with Gasteiger partial charge in [0, 0.05) is 31.2 Å². The lowest BCUT2D eigenvalue weighted by atomic mass is 9.96. The van der Waals surface area contributed by atoms with Crippen molar-refractivity contribution in [3.8, 4) is 0 Å². The van der Waals surface area contributed by atoms with Gasteiger partial charge in [-0.05, 0) is 43.1 Å². The number of carbonyl (C=O) groups excluding carboxylic acids is 1. The average molecular weight is 400 g/mol. The molecule has 1 aromatic rings. The van der Waals surface area contributed by atoms with Crippen LogP contribution < -0.4 is 11.1 Å². The fourth-order valence-corrected chi connectivity index (χ4v) is 3.17. The first-order valence-electron chi connectivity index (χ1n) is 7.86. The van der Waals surface area contributed by atoms with Gasteiger partial charge < -0.3 is 11.1 Å². The van der Waals surface area contributed by atoms with E-state index in [-0.39, 0.29) is 29.3 Å². The third-order valence-electron chi connectivity index (χ3n) is 4.01. The number of nitrogens with one attached hydrogen (secondary N) is 1. The Morgan fingerprint density at radius 3 is 2.72 bits per heavy atom. The first-order chi connectivity index (χ1) is 11.3. The van der Waals surface area contributed by atoms with Gasteiger partial charge in [0.15, 0.2) is 0 Å². The van der Waals surface area contributed by atoms with Crippen LogP contribution in [0.25, 0.3) is 0 Å². The molecule has 1 aliphatic rings. The van der Waals surface area contributed by atoms with Crippen LogP contribution in [0.5, 0.6) is 0 Å². The van der Waals surface area contributed by atoms with Crippen molar-refractivity contribution in [1.29, 1.82) is 0 Å². The van der Waals surface area contributed by atoms with E-state index >= 15 is 0 Å². The van der Waals surface area contributed by atoms with E-state index in [1.54, 1.807) is 0 Å². The Kier molecular flexibility index (Phi) is 8.47. The number of nitrogens with two attached hydrogens (primary N) is 1. The lowest BCUT2D eigenvalue weighted by molar-refractivity contribution is -0.137. The lowest BCUT2D eigenvalue weighted by Crippen LogP contribution is -2.43. The molecule has 25 heavy (non-hydrogen) atoms. The van der Waals surface area contributed by atoms with Crippen LogP contribution in [0.1, 0.15) is 24.0 Å². The maximum absolute atomic E-state index is 12.9. The number of halogens is 5. The van der Waals surface area contributed by atoms with Crippen LogP contribution in [0.4, 0.5) is 13.2 Å². The normalized spacial score (nSPS) is 18.5. The van der Waals surface area contributed by atoms with Gasteiger partial charge in [-0.2, -0.15) is 13.2 Å². The van der Waals surface area contributed by atoms with Gasteiger partial charge in [0.25, 0.3) is 0 Å². The van der Waals surface area contributed by atoms with Crippen LogP contribution in [-0.2, 0) is 17.5 Å². The molecular formula is C16H22Cl2F3N3O. The quantitative estimate of drug-likeness (QED) is 0.799. The van der Waals surface area contributed by atoms with Gasteiger partial charge in [0.1, 0.15) is 0 Å². The Morgan fingerprint density at radius 1 is 1.36 bits per heavy atom. The number of carbonyl (C=O) groups is 1. The second-order valence-corrected chi connectivity index (χ2v) is 6.44. The van der Waals surface area contributed by atoms with Crippen molar-refractivity contribution in [2.75, 3.05) is 26.2 Å². The summed E-state index contributed by atoms with van der Waals surface area (Å²) in [5, 5.41) is 2.83. The molecule has 0 radical (unpaired) electrons. The van der Waals surface area contributed by atoms with Crippen LogP contribution in [0, 0.1) is 5.92 Å². The topological polar surface area (TPSA) is 58.4 Å². The summed E-state index contributed by atoms with van der Waals surface area (Å²) < 4.78 is 38.6. The first kappa shape index (κ1) is 22.0. The van der Waals surface area contributed by atoms with Gasteiger partial charge in [-0.3, -0.25) is 9.69 Å². The average Bonchev–Trinajstić information content (AvgIpc) is 2.51. The molecule has 0 saturated carbocycles. The molecule has 0 spiro atoms. The summed E-state index contributed by atoms with van der Waals surface area (Å²) in [6, 6.07) is 3.57. The number of amides is 1. The van der Waals surface area contributed by atoms with Crippen molar-refractivity contribution in [1.82, 2.24) is 10.2 Å². The Morgan fingerprint density at radius 2 is 2.08 bits per heavy atom. The molecule has 1 unspecified atom stereocenters. The number of hydrogen-bond acceptors (Lipinski definition) is 3. The Balaban J connectivity index is 0.00000312. The van der Waals surface area contributed by atoms with Crippen LogP contribution in [0.3, 0.4) is 0 Å². The smallest absolute Gasteiger partial charge is 0.355 e. The van der Waals surface area contributed by atoms with Crippen LogP contribution >= 0.6 is 24.0 Å². The van der Waals surface area contributed by atoms with Gasteiger partial charge >= 0.3 is 6.18 Å². The monoisotopic (exact) mass is 399 g/mol. The highest BCUT2D eigenvalue weighted by molar-refractivity contribution is 6.30. The van der Waals surface area contributed by atoms with E-state index in [2.05, 4.69) is 5.32 Å². The highest BCUT2D eigenvalue weighted by Crippen LogP contribution is 2.32. The van der Waals surface area contributed by atoms with Gasteiger partial charge in [-0.1, -0.05) is 11.6 Å². The van der Waals surface area contributed by atoms with Crippen molar-refractivity contribution >= 4 is 29.9 Å². The van der Waals surface area contributed by atoms with E-state index < -0.39 is 11.7 Å². The first-order valence-corrected chi connectivity index (χ1v) is 8.24. The standard InChI is InChI=1S/C16H21ClF3N3O.ClH/c17-14-7-11(6-13(8-14)16(18,19)20)9-23-5-1-2-12(10-23)15(24)22-4-3-21;/h6-8,12H,1-5,9-10,21H2,(H,22,24);1H. The van der Waals surface area contributed by atoms with Crippen molar-refractivity contribution in [3.05, 3.63) is 34.3 Å². The lowest BCUT2D eigenvalue weighted by Gasteiger charge is -2.32. The third-order valence-corrected chi connectivity index (χ3v) is 4.23. The minimum absolute atomic E-state index is 0. The summed E-state index contributed by atoms with van der Waals surface area (Å²) in [4.78, 5) is 14.0. The summed E-state index contributed by atoms with van der Waals surface area (Å²) in [5.74, 6) is -0.209. The summed E-state index contributed by atoms with van der Waals surface area (Å²) in [5.41, 5.74) is 5.12. The molecule has 0 bridgehead atoms. The van der Waals surface area contributed by atoms with Crippen molar-refractivity contribution in [3.63, 3.8) is 0 Å². The molecule has 1 saturated heterocycles. The molecule has 4 nitrogen and oxygen atoms in total. The van der Waals surface area contributed by atoms with Crippen LogP contribution in [0.2, 0.25) is 5.02 Å². The molecule has 142 valence electrons. The van der Waals surface area contributed by atoms with Gasteiger partial charge in [-0.15, -0.1) is 12.4 Å². The zero-order chi connectivity index (χ0) is 17.7. The third kappa shape index (κ3) is 6.66. The zero-order valence-corrected chi connectivity index (χ0v) is 15.2. The van der Waals surface area contributed by atoms with E-state index in [9.17, 15) is 18.0 Å². The van der Waals surface area contributed by atoms with Gasteiger partial charge in [-0.25, -0.2) is 0 Å². The molecule has 1 aliphatic heterocycles. The summed E-state index contributed by atoms with van der Waals surface area (Å²) >= 11 is 5.82. The molecule has 1 heterocycles. The summed E-state index contributed by atoms with van der Waals surface area (Å²) in [7, 11) is 0. The number of benzene rings is 1. The molecule has 1 atom stereocenters. The minimum Gasteiger partial charge on any atom is -0.355 e. The number of piperidine rings is 1. The molecule has 1 amide bonds. The molecule has 9 heteroatoms. The highest BCUT2D eigenvalue weighted by atomic mass is 35.5. The molecule has 1 aromatic carbocycles. The van der Waals surface area contributed by atoms with E-state index in [0.717, 1.165) is 31.5 Å². The molecule has 0 aliphatic carbocycles. The minimum atomic E-state index is -4.42. The number of alkyl halides is 3. The van der Waals surface area contributed by atoms with Gasteiger partial charge in [0.05, 0.1) is 11.5 Å². The number of nitrogens with zero attached hydrogens (tertiary/aromatic N) is 1. The fourth-order valence-electron chi connectivity index (χ4n) is 2.92. The predicted molar refractivity (Wildman–Crippen MR) is 93.8 cm³/mol. The summed E-state index contributed by atoms with van der Waals surface area (Å²) in [6.45, 7) is 2.41. The van der Waals surface area contributed by atoms with E-state index in [1.165, 1.54) is 6.07 Å². The molecule has 3 N–H and O–H groups in total. The largest absolute Gasteiger partial charge is 0.416 e. The zero-order valence-electron chi connectivity index (χ0n) is 13.6. The number of likely N-dealkylation sites (tertiary alicyclic amines) is 1. The maximum atomic E-state index is 12.9. The SMILES string of the molecule is Cl.NCCNC(=O)C1CCCN(Cc2cc(Cl)cc(C(F)(F)F)c2)C1. The highest BCUT2D eigenvalue weighted by Gasteiger charge is 2.31. The Hall–Kier alpha value is -1.02. The Labute approximate surface area is 156 Å². The van der Waals surface area contributed by atoms with Crippen molar-refractivity contribution < 1.29 is 18.0 Å². The van der Waals surface area contributed by atoms with Crippen molar-refractivity contribution in [2.45, 2.75) is 25.6 Å². The fraction of sp³-hybridized carbons (Fsp3) is 0.562. The second-order valence-electron chi connectivity index (χ2n) is 6.00. The predicted octanol–water partition coefficient (Wildman–Crippen LogP) is 3.07. The summed E-state index contributed by atoms with van der Waals surface area (Å²) in [6.07, 6.45) is -2.82. The maximum Gasteiger partial charge on any atom is 0.416 e. The van der Waals surface area contributed by atoms with Crippen molar-refractivity contribution in [2.24, 2.45) is 11.7 Å². The van der Waals surface area contributed by atoms with Crippen LogP contribution in [0.15, 0.2) is 18.2 Å². The molecular weight excluding hydrogens is 378 g/mol. The van der Waals surface area contributed by atoms with E-state index in [1.807, 2.05) is 4.90 Å². The molecule has 0 aromatic heterocycles. The number of rotatable bonds is 5. The molecule has 2 rings (SSSR count). The van der Waals surface area contributed by atoms with Crippen LogP contribution in [-0.4, -0.2) is 37.0 Å². The van der Waals surface area contributed by atoms with Gasteiger partial charge in [0.2, 0.25) is 5.91 Å². The second kappa shape index (κ2) is 9.62. The number of hydrogen-bond donors (Lipinski definition) is 2. The van der Waals surface area contributed by atoms with E-state index in [0.29, 0.717) is 31.7 Å². The molecule has 1 fully saturated rings. The Bertz CT molecular complexity index is 584. The van der Waals surface area contributed by atoms with E-state index in [4.69, 9.17) is 17.3 Å².